The summed E-state index contributed by atoms with van der Waals surface area (Å²) >= 11 is 0. The number of esters is 1. The van der Waals surface area contributed by atoms with Crippen molar-refractivity contribution >= 4 is 12.0 Å². The molecule has 2 aromatic carbocycles. The summed E-state index contributed by atoms with van der Waals surface area (Å²) in [4.78, 5) is 28.2. The summed E-state index contributed by atoms with van der Waals surface area (Å²) in [6.45, 7) is 11.6. The van der Waals surface area contributed by atoms with E-state index < -0.39 is 17.4 Å². The van der Waals surface area contributed by atoms with Crippen LogP contribution in [0.25, 0.3) is 17.2 Å². The van der Waals surface area contributed by atoms with Crippen molar-refractivity contribution in [1.29, 1.82) is 0 Å². The molecular weight excluding hydrogens is 449 g/mol. The van der Waals surface area contributed by atoms with Gasteiger partial charge in [-0.3, -0.25) is 4.57 Å². The third-order valence-electron chi connectivity index (χ3n) is 5.12. The van der Waals surface area contributed by atoms with E-state index in [1.165, 1.54) is 12.1 Å². The fraction of sp³-hybridized carbons (Fsp3) is 0.333. The zero-order chi connectivity index (χ0) is 25.6. The Kier molecular flexibility index (Phi) is 8.17. The summed E-state index contributed by atoms with van der Waals surface area (Å²) in [5.41, 5.74) is 2.01. The fourth-order valence-corrected chi connectivity index (χ4v) is 3.63. The lowest BCUT2D eigenvalue weighted by molar-refractivity contribution is 0.00704. The van der Waals surface area contributed by atoms with E-state index in [1.807, 2.05) is 6.92 Å². The average Bonchev–Trinajstić information content (AvgIpc) is 3.13. The number of ether oxygens (including phenoxy) is 2. The Balaban J connectivity index is 1.98. The summed E-state index contributed by atoms with van der Waals surface area (Å²) in [6.07, 6.45) is 2.31. The van der Waals surface area contributed by atoms with Crippen molar-refractivity contribution in [3.8, 4) is 17.1 Å². The number of carbonyl (C=O) groups excluding carboxylic acids is 1. The maximum atomic E-state index is 15.4. The first kappa shape index (κ1) is 25.8. The minimum absolute atomic E-state index is 0.117. The molecule has 3 rings (SSSR count). The van der Waals surface area contributed by atoms with Crippen LogP contribution in [0.2, 0.25) is 0 Å². The number of carbonyl (C=O) groups is 1. The largest absolute Gasteiger partial charge is 0.465 e. The summed E-state index contributed by atoms with van der Waals surface area (Å²) in [5.74, 6) is -1.01. The Labute approximate surface area is 204 Å². The molecule has 0 saturated heterocycles. The number of imidazole rings is 1. The second-order valence-corrected chi connectivity index (χ2v) is 9.01. The van der Waals surface area contributed by atoms with Crippen LogP contribution in [-0.2, 0) is 17.8 Å². The predicted molar refractivity (Wildman–Crippen MR) is 134 cm³/mol. The molecule has 184 valence electrons. The van der Waals surface area contributed by atoms with Gasteiger partial charge in [0.25, 0.3) is 6.01 Å². The first-order chi connectivity index (χ1) is 16.7. The van der Waals surface area contributed by atoms with Gasteiger partial charge < -0.3 is 9.47 Å². The lowest BCUT2D eigenvalue weighted by atomic mass is 9.97. The molecule has 35 heavy (non-hydrogen) atoms. The van der Waals surface area contributed by atoms with Gasteiger partial charge >= 0.3 is 5.97 Å². The highest BCUT2D eigenvalue weighted by atomic mass is 19.1. The maximum Gasteiger partial charge on any atom is 0.339 e. The van der Waals surface area contributed by atoms with E-state index in [4.69, 9.17) is 9.47 Å². The number of aromatic nitrogens is 2. The number of hydrogen-bond donors (Lipinski definition) is 0. The molecule has 0 aliphatic heterocycles. The van der Waals surface area contributed by atoms with Gasteiger partial charge in [0.05, 0.1) is 30.1 Å². The van der Waals surface area contributed by atoms with Crippen LogP contribution in [0.5, 0.6) is 6.01 Å². The Bertz CT molecular complexity index is 1230. The second kappa shape index (κ2) is 11.1. The van der Waals surface area contributed by atoms with Gasteiger partial charge in [-0.05, 0) is 56.5 Å². The highest BCUT2D eigenvalue weighted by molar-refractivity contribution is 5.97. The fourth-order valence-electron chi connectivity index (χ4n) is 3.63. The minimum Gasteiger partial charge on any atom is -0.465 e. The normalized spacial score (nSPS) is 11.2. The predicted octanol–water partition coefficient (Wildman–Crippen LogP) is 6.39. The van der Waals surface area contributed by atoms with Crippen molar-refractivity contribution in [3.05, 3.63) is 82.3 Å². The van der Waals surface area contributed by atoms with Crippen LogP contribution in [0, 0.1) is 10.7 Å². The van der Waals surface area contributed by atoms with Crippen molar-refractivity contribution in [2.24, 2.45) is 5.18 Å². The molecule has 7 nitrogen and oxygen atoms in total. The molecule has 0 unspecified atom stereocenters. The topological polar surface area (TPSA) is 82.8 Å². The Hall–Kier alpha value is -3.81. The van der Waals surface area contributed by atoms with Crippen LogP contribution in [-0.4, -0.2) is 27.7 Å². The first-order valence-corrected chi connectivity index (χ1v) is 11.4. The summed E-state index contributed by atoms with van der Waals surface area (Å²) in [6, 6.07) is 11.9. The smallest absolute Gasteiger partial charge is 0.339 e. The van der Waals surface area contributed by atoms with Crippen LogP contribution in [0.1, 0.15) is 61.4 Å². The van der Waals surface area contributed by atoms with Gasteiger partial charge in [-0.25, -0.2) is 9.18 Å². The minimum atomic E-state index is -0.673. The van der Waals surface area contributed by atoms with Gasteiger partial charge in [0, 0.05) is 5.56 Å². The number of rotatable bonds is 10. The van der Waals surface area contributed by atoms with E-state index >= 15 is 4.39 Å². The van der Waals surface area contributed by atoms with Gasteiger partial charge in [0.2, 0.25) is 0 Å². The number of hydrogen-bond acceptors (Lipinski definition) is 6. The molecule has 0 saturated carbocycles. The van der Waals surface area contributed by atoms with Gasteiger partial charge in [-0.15, -0.1) is 0 Å². The molecule has 0 fully saturated rings. The van der Waals surface area contributed by atoms with Crippen LogP contribution in [0.15, 0.2) is 54.2 Å². The Morgan fingerprint density at radius 3 is 2.57 bits per heavy atom. The lowest BCUT2D eigenvalue weighted by Crippen LogP contribution is -2.24. The van der Waals surface area contributed by atoms with Crippen LogP contribution in [0.3, 0.4) is 0 Å². The van der Waals surface area contributed by atoms with E-state index in [0.29, 0.717) is 35.1 Å². The molecule has 0 radical (unpaired) electrons. The quantitative estimate of drug-likeness (QED) is 0.248. The molecule has 0 amide bonds. The molecular formula is C27H30FN3O4. The molecule has 0 N–H and O–H groups in total. The lowest BCUT2D eigenvalue weighted by Gasteiger charge is -2.20. The number of nitroso groups, excluding NO2 is 1. The van der Waals surface area contributed by atoms with Crippen molar-refractivity contribution in [2.75, 3.05) is 6.61 Å². The SMILES string of the molecule is C=Cc1nc(OCCC)n(Cc2ccc(-c3ccccc3C(=O)OC(C)(C)C)c(F)c2)c1CN=O. The van der Waals surface area contributed by atoms with Crippen LogP contribution in [0.4, 0.5) is 4.39 Å². The molecule has 1 aromatic heterocycles. The summed E-state index contributed by atoms with van der Waals surface area (Å²) < 4.78 is 28.3. The molecule has 0 bridgehead atoms. The Morgan fingerprint density at radius 1 is 1.20 bits per heavy atom. The third kappa shape index (κ3) is 6.20. The third-order valence-corrected chi connectivity index (χ3v) is 5.12. The highest BCUT2D eigenvalue weighted by Gasteiger charge is 2.22. The van der Waals surface area contributed by atoms with Gasteiger partial charge in [0.15, 0.2) is 0 Å². The van der Waals surface area contributed by atoms with E-state index in [1.54, 1.807) is 61.7 Å². The molecule has 0 aliphatic rings. The van der Waals surface area contributed by atoms with Crippen LogP contribution < -0.4 is 4.74 Å². The van der Waals surface area contributed by atoms with E-state index in [-0.39, 0.29) is 24.2 Å². The molecule has 0 atom stereocenters. The van der Waals surface area contributed by atoms with Crippen molar-refractivity contribution in [1.82, 2.24) is 9.55 Å². The van der Waals surface area contributed by atoms with E-state index in [2.05, 4.69) is 16.7 Å². The molecule has 0 spiro atoms. The van der Waals surface area contributed by atoms with Gasteiger partial charge in [0.1, 0.15) is 18.0 Å². The zero-order valence-electron chi connectivity index (χ0n) is 20.5. The number of nitrogens with zero attached hydrogens (tertiary/aromatic N) is 3. The monoisotopic (exact) mass is 479 g/mol. The average molecular weight is 480 g/mol. The molecule has 0 aliphatic carbocycles. The molecule has 8 heteroatoms. The van der Waals surface area contributed by atoms with Crippen LogP contribution >= 0.6 is 0 Å². The second-order valence-electron chi connectivity index (χ2n) is 9.01. The molecule has 1 heterocycles. The van der Waals surface area contributed by atoms with Crippen molar-refractivity contribution in [3.63, 3.8) is 0 Å². The van der Waals surface area contributed by atoms with E-state index in [0.717, 1.165) is 6.42 Å². The Morgan fingerprint density at radius 2 is 1.94 bits per heavy atom. The van der Waals surface area contributed by atoms with Crippen molar-refractivity contribution in [2.45, 2.75) is 52.8 Å². The van der Waals surface area contributed by atoms with Gasteiger partial charge in [-0.2, -0.15) is 9.89 Å². The first-order valence-electron chi connectivity index (χ1n) is 11.4. The van der Waals surface area contributed by atoms with Crippen molar-refractivity contribution < 1.29 is 18.7 Å². The zero-order valence-corrected chi connectivity index (χ0v) is 20.5. The summed E-state index contributed by atoms with van der Waals surface area (Å²) in [5, 5.41) is 3.00. The number of halogens is 1. The number of benzene rings is 2. The van der Waals surface area contributed by atoms with Gasteiger partial charge in [-0.1, -0.05) is 49.0 Å². The van der Waals surface area contributed by atoms with E-state index in [9.17, 15) is 9.70 Å². The summed E-state index contributed by atoms with van der Waals surface area (Å²) in [7, 11) is 0. The highest BCUT2D eigenvalue weighted by Crippen LogP contribution is 2.30. The maximum absolute atomic E-state index is 15.4. The standard InChI is InChI=1S/C27H30FN3O4/c1-6-14-34-26-30-23(7-2)24(16-29-33)31(26)17-18-12-13-20(22(28)15-18)19-10-8-9-11-21(19)25(32)35-27(3,4)5/h7-13,15H,2,6,14,16-17H2,1,3-5H3. The molecule has 3 aromatic rings.